The van der Waals surface area contributed by atoms with E-state index in [1.165, 1.54) is 12.1 Å². The Kier molecular flexibility index (Phi) is 6.32. The molecular formula is C16H16FNO3S2. The summed E-state index contributed by atoms with van der Waals surface area (Å²) in [5.41, 5.74) is 0.928. The zero-order valence-electron chi connectivity index (χ0n) is 12.2. The predicted molar refractivity (Wildman–Crippen MR) is 89.2 cm³/mol. The van der Waals surface area contributed by atoms with Crippen LogP contribution in [-0.4, -0.2) is 25.8 Å². The SMILES string of the molecule is O=C(Cc1ccccc1)SCCNS(=O)(=O)c1ccc(F)cc1. The van der Waals surface area contributed by atoms with Crippen LogP contribution in [0.5, 0.6) is 0 Å². The van der Waals surface area contributed by atoms with Crippen LogP contribution in [-0.2, 0) is 21.2 Å². The van der Waals surface area contributed by atoms with Gasteiger partial charge in [-0.05, 0) is 29.8 Å². The second kappa shape index (κ2) is 8.24. The fraction of sp³-hybridized carbons (Fsp3) is 0.188. The zero-order chi connectivity index (χ0) is 16.7. The number of rotatable bonds is 7. The Morgan fingerprint density at radius 1 is 1.04 bits per heavy atom. The molecule has 0 aliphatic heterocycles. The van der Waals surface area contributed by atoms with Gasteiger partial charge in [-0.1, -0.05) is 42.1 Å². The van der Waals surface area contributed by atoms with Crippen molar-refractivity contribution in [2.24, 2.45) is 0 Å². The number of thioether (sulfide) groups is 1. The Balaban J connectivity index is 1.76. The molecule has 7 heteroatoms. The van der Waals surface area contributed by atoms with E-state index in [2.05, 4.69) is 4.72 Å². The van der Waals surface area contributed by atoms with Crippen molar-refractivity contribution in [3.05, 3.63) is 66.0 Å². The minimum atomic E-state index is -3.68. The van der Waals surface area contributed by atoms with Gasteiger partial charge in [0.05, 0.1) is 4.90 Å². The molecule has 4 nitrogen and oxygen atoms in total. The minimum absolute atomic E-state index is 0.000452. The molecular weight excluding hydrogens is 337 g/mol. The van der Waals surface area contributed by atoms with Gasteiger partial charge in [0.15, 0.2) is 5.12 Å². The molecule has 0 bridgehead atoms. The fourth-order valence-electron chi connectivity index (χ4n) is 1.85. The Labute approximate surface area is 139 Å². The molecule has 0 unspecified atom stereocenters. The van der Waals surface area contributed by atoms with E-state index in [1.54, 1.807) is 0 Å². The Morgan fingerprint density at radius 2 is 1.70 bits per heavy atom. The van der Waals surface area contributed by atoms with Crippen LogP contribution in [0.25, 0.3) is 0 Å². The second-order valence-electron chi connectivity index (χ2n) is 4.73. The van der Waals surface area contributed by atoms with Gasteiger partial charge in [-0.15, -0.1) is 0 Å². The molecule has 0 saturated carbocycles. The number of hydrogen-bond acceptors (Lipinski definition) is 4. The molecule has 122 valence electrons. The third kappa shape index (κ3) is 5.78. The van der Waals surface area contributed by atoms with E-state index in [-0.39, 0.29) is 16.6 Å². The monoisotopic (exact) mass is 353 g/mol. The molecule has 2 aromatic carbocycles. The van der Waals surface area contributed by atoms with Gasteiger partial charge < -0.3 is 0 Å². The molecule has 0 aliphatic rings. The van der Waals surface area contributed by atoms with Gasteiger partial charge in [-0.2, -0.15) is 0 Å². The highest BCUT2D eigenvalue weighted by molar-refractivity contribution is 8.13. The second-order valence-corrected chi connectivity index (χ2v) is 7.65. The number of carbonyl (C=O) groups excluding carboxylic acids is 1. The van der Waals surface area contributed by atoms with Gasteiger partial charge in [0.2, 0.25) is 10.0 Å². The average Bonchev–Trinajstić information content (AvgIpc) is 2.53. The Bertz CT molecular complexity index is 747. The molecule has 2 aromatic rings. The molecule has 1 N–H and O–H groups in total. The molecule has 0 amide bonds. The summed E-state index contributed by atoms with van der Waals surface area (Å²) in [6.45, 7) is 0.130. The van der Waals surface area contributed by atoms with Gasteiger partial charge >= 0.3 is 0 Å². The molecule has 0 radical (unpaired) electrons. The first kappa shape index (κ1) is 17.7. The molecule has 0 aliphatic carbocycles. The molecule has 23 heavy (non-hydrogen) atoms. The van der Waals surface area contributed by atoms with Crippen molar-refractivity contribution < 1.29 is 17.6 Å². The van der Waals surface area contributed by atoms with Crippen LogP contribution < -0.4 is 4.72 Å². The van der Waals surface area contributed by atoms with Gasteiger partial charge in [-0.25, -0.2) is 17.5 Å². The van der Waals surface area contributed by atoms with E-state index in [1.807, 2.05) is 30.3 Å². The maximum absolute atomic E-state index is 12.8. The van der Waals surface area contributed by atoms with Crippen LogP contribution in [0.1, 0.15) is 5.56 Å². The first-order chi connectivity index (χ1) is 11.0. The first-order valence-electron chi connectivity index (χ1n) is 6.92. The molecule has 0 saturated heterocycles. The first-order valence-corrected chi connectivity index (χ1v) is 9.39. The van der Waals surface area contributed by atoms with Crippen molar-refractivity contribution in [2.45, 2.75) is 11.3 Å². The standard InChI is InChI=1S/C16H16FNO3S2/c17-14-6-8-15(9-7-14)23(20,21)18-10-11-22-16(19)12-13-4-2-1-3-5-13/h1-9,18H,10-12H2. The third-order valence-electron chi connectivity index (χ3n) is 2.97. The van der Waals surface area contributed by atoms with E-state index in [9.17, 15) is 17.6 Å². The van der Waals surface area contributed by atoms with Gasteiger partial charge in [0.25, 0.3) is 0 Å². The third-order valence-corrected chi connectivity index (χ3v) is 5.32. The normalized spacial score (nSPS) is 11.3. The average molecular weight is 353 g/mol. The van der Waals surface area contributed by atoms with Crippen LogP contribution >= 0.6 is 11.8 Å². The zero-order valence-corrected chi connectivity index (χ0v) is 13.9. The summed E-state index contributed by atoms with van der Waals surface area (Å²) in [5, 5.41) is -0.0165. The number of carbonyl (C=O) groups is 1. The molecule has 0 fully saturated rings. The highest BCUT2D eigenvalue weighted by Gasteiger charge is 2.13. The quantitative estimate of drug-likeness (QED) is 0.777. The number of sulfonamides is 1. The summed E-state index contributed by atoms with van der Waals surface area (Å²) in [6.07, 6.45) is 0.316. The Morgan fingerprint density at radius 3 is 2.35 bits per heavy atom. The topological polar surface area (TPSA) is 63.2 Å². The highest BCUT2D eigenvalue weighted by atomic mass is 32.2. The lowest BCUT2D eigenvalue weighted by Crippen LogP contribution is -2.26. The van der Waals surface area contributed by atoms with Crippen LogP contribution in [0.15, 0.2) is 59.5 Å². The largest absolute Gasteiger partial charge is 0.287 e. The van der Waals surface area contributed by atoms with Crippen molar-refractivity contribution in [2.75, 3.05) is 12.3 Å². The van der Waals surface area contributed by atoms with E-state index < -0.39 is 15.8 Å². The summed E-state index contributed by atoms with van der Waals surface area (Å²) in [7, 11) is -3.68. The van der Waals surface area contributed by atoms with Crippen molar-refractivity contribution in [1.82, 2.24) is 4.72 Å². The van der Waals surface area contributed by atoms with Crippen LogP contribution in [0.4, 0.5) is 4.39 Å². The highest BCUT2D eigenvalue weighted by Crippen LogP contribution is 2.11. The minimum Gasteiger partial charge on any atom is -0.287 e. The maximum atomic E-state index is 12.8. The summed E-state index contributed by atoms with van der Waals surface area (Å²) in [5.74, 6) is -0.155. The van der Waals surface area contributed by atoms with E-state index in [4.69, 9.17) is 0 Å². The van der Waals surface area contributed by atoms with E-state index in [0.717, 1.165) is 29.5 Å². The number of benzene rings is 2. The molecule has 0 spiro atoms. The van der Waals surface area contributed by atoms with Crippen molar-refractivity contribution in [3.8, 4) is 0 Å². The molecule has 0 heterocycles. The lowest BCUT2D eigenvalue weighted by molar-refractivity contribution is -0.110. The Hall–Kier alpha value is -1.70. The molecule has 0 atom stereocenters. The molecule has 0 aromatic heterocycles. The van der Waals surface area contributed by atoms with Crippen LogP contribution in [0, 0.1) is 5.82 Å². The van der Waals surface area contributed by atoms with Crippen LogP contribution in [0.3, 0.4) is 0 Å². The van der Waals surface area contributed by atoms with Crippen molar-refractivity contribution in [3.63, 3.8) is 0 Å². The summed E-state index contributed by atoms with van der Waals surface area (Å²) in [6, 6.07) is 13.9. The van der Waals surface area contributed by atoms with Gasteiger partial charge in [-0.3, -0.25) is 4.79 Å². The number of halogens is 1. The predicted octanol–water partition coefficient (Wildman–Crippen LogP) is 2.61. The summed E-state index contributed by atoms with van der Waals surface area (Å²) < 4.78 is 39.1. The fourth-order valence-corrected chi connectivity index (χ4v) is 3.71. The summed E-state index contributed by atoms with van der Waals surface area (Å²) >= 11 is 1.08. The van der Waals surface area contributed by atoms with Gasteiger partial charge in [0, 0.05) is 18.7 Å². The summed E-state index contributed by atoms with van der Waals surface area (Å²) in [4.78, 5) is 11.8. The number of hydrogen-bond donors (Lipinski definition) is 1. The number of nitrogens with one attached hydrogen (secondary N) is 1. The van der Waals surface area contributed by atoms with E-state index in [0.29, 0.717) is 12.2 Å². The maximum Gasteiger partial charge on any atom is 0.240 e. The van der Waals surface area contributed by atoms with E-state index >= 15 is 0 Å². The van der Waals surface area contributed by atoms with Gasteiger partial charge in [0.1, 0.15) is 5.82 Å². The molecule has 2 rings (SSSR count). The lowest BCUT2D eigenvalue weighted by atomic mass is 10.2. The van der Waals surface area contributed by atoms with Crippen molar-refractivity contribution in [1.29, 1.82) is 0 Å². The smallest absolute Gasteiger partial charge is 0.240 e. The lowest BCUT2D eigenvalue weighted by Gasteiger charge is -2.06. The van der Waals surface area contributed by atoms with Crippen LogP contribution in [0.2, 0.25) is 0 Å². The van der Waals surface area contributed by atoms with Crippen molar-refractivity contribution >= 4 is 26.9 Å².